The van der Waals surface area contributed by atoms with E-state index in [9.17, 15) is 13.2 Å². The maximum absolute atomic E-state index is 10.4. The van der Waals surface area contributed by atoms with Crippen molar-refractivity contribution in [2.24, 2.45) is 0 Å². The summed E-state index contributed by atoms with van der Waals surface area (Å²) in [6.45, 7) is 0.188. The van der Waals surface area contributed by atoms with E-state index in [0.29, 0.717) is 0 Å². The molecule has 0 saturated carbocycles. The van der Waals surface area contributed by atoms with E-state index >= 15 is 0 Å². The molecule has 0 saturated heterocycles. The van der Waals surface area contributed by atoms with E-state index < -0.39 is 6.18 Å². The summed E-state index contributed by atoms with van der Waals surface area (Å²) in [5.41, 5.74) is 0. The van der Waals surface area contributed by atoms with Crippen LogP contribution in [0.2, 0.25) is 0 Å². The van der Waals surface area contributed by atoms with Crippen molar-refractivity contribution in [3.63, 3.8) is 0 Å². The van der Waals surface area contributed by atoms with E-state index in [2.05, 4.69) is 0 Å². The van der Waals surface area contributed by atoms with Crippen molar-refractivity contribution in [1.82, 2.24) is 0 Å². The second-order valence-corrected chi connectivity index (χ2v) is 0.781. The highest BCUT2D eigenvalue weighted by Crippen LogP contribution is 2.10. The van der Waals surface area contributed by atoms with Crippen molar-refractivity contribution < 1.29 is 18.3 Å². The molecule has 7 heavy (non-hydrogen) atoms. The molecule has 0 aliphatic heterocycles. The zero-order chi connectivity index (χ0) is 6.50. The van der Waals surface area contributed by atoms with Crippen molar-refractivity contribution in [1.29, 1.82) is 0 Å². The Kier molecular flexibility index (Phi) is 5.54. The summed E-state index contributed by atoms with van der Waals surface area (Å²) in [7, 11) is 1.00. The zero-order valence-electron chi connectivity index (χ0n) is 4.08. The Balaban J connectivity index is 0. The number of rotatable bonds is 0. The molecule has 0 rings (SSSR count). The minimum Gasteiger partial charge on any atom is -0.400 e. The van der Waals surface area contributed by atoms with Gasteiger partial charge in [-0.15, -0.1) is 0 Å². The highest BCUT2D eigenvalue weighted by atomic mass is 19.4. The van der Waals surface area contributed by atoms with Crippen LogP contribution in [0.4, 0.5) is 13.2 Å². The van der Waals surface area contributed by atoms with Gasteiger partial charge in [-0.3, -0.25) is 0 Å². The van der Waals surface area contributed by atoms with Gasteiger partial charge in [-0.25, -0.2) is 0 Å². The topological polar surface area (TPSA) is 20.2 Å². The quantitative estimate of drug-likeness (QED) is 0.503. The Bertz CT molecular complexity index is 25.7. The Labute approximate surface area is 39.8 Å². The monoisotopic (exact) mass is 116 g/mol. The fourth-order valence-electron chi connectivity index (χ4n) is 0. The molecule has 0 atom stereocenters. The van der Waals surface area contributed by atoms with Crippen LogP contribution in [0.25, 0.3) is 0 Å². The van der Waals surface area contributed by atoms with Gasteiger partial charge in [0.1, 0.15) is 0 Å². The number of aliphatic hydroxyl groups is 1. The normalized spacial score (nSPS) is 9.43. The molecule has 46 valence electrons. The lowest BCUT2D eigenvalue weighted by Crippen LogP contribution is -1.95. The molecule has 0 unspecified atom stereocenters. The van der Waals surface area contributed by atoms with Gasteiger partial charge in [0.2, 0.25) is 0 Å². The van der Waals surface area contributed by atoms with Gasteiger partial charge in [-0.05, 0) is 0 Å². The molecule has 0 aromatic heterocycles. The van der Waals surface area contributed by atoms with Crippen LogP contribution < -0.4 is 0 Å². The third-order valence-electron chi connectivity index (χ3n) is 0. The molecule has 0 aromatic carbocycles. The number of hydrogen-bond acceptors (Lipinski definition) is 1. The average Bonchev–Trinajstić information content (AvgIpc) is 1.36. The first kappa shape index (κ1) is 9.89. The fraction of sp³-hybridized carbons (Fsp3) is 1.00. The van der Waals surface area contributed by atoms with E-state index in [4.69, 9.17) is 5.11 Å². The Morgan fingerprint density at radius 1 is 1.14 bits per heavy atom. The van der Waals surface area contributed by atoms with Crippen LogP contribution in [0, 0.1) is 0 Å². The first-order valence-corrected chi connectivity index (χ1v) is 1.51. The molecule has 1 N–H and O–H groups in total. The van der Waals surface area contributed by atoms with E-state index in [1.165, 1.54) is 0 Å². The van der Waals surface area contributed by atoms with Crippen molar-refractivity contribution in [3.05, 3.63) is 0 Å². The number of halogens is 3. The molecule has 1 nitrogen and oxygen atoms in total. The molecule has 0 fully saturated rings. The molecule has 0 spiro atoms. The lowest BCUT2D eigenvalue weighted by Gasteiger charge is -1.88. The van der Waals surface area contributed by atoms with Gasteiger partial charge in [0.25, 0.3) is 0 Å². The highest BCUT2D eigenvalue weighted by Gasteiger charge is 2.15. The molecule has 0 radical (unpaired) electrons. The summed E-state index contributed by atoms with van der Waals surface area (Å²) in [5, 5.41) is 7.00. The third kappa shape index (κ3) is 1290. The summed E-state index contributed by atoms with van der Waals surface area (Å²) >= 11 is 0. The summed E-state index contributed by atoms with van der Waals surface area (Å²) in [6, 6.07) is 0. The minimum absolute atomic E-state index is 0.188. The fourth-order valence-corrected chi connectivity index (χ4v) is 0. The smallest absolute Gasteiger partial charge is 0.386 e. The van der Waals surface area contributed by atoms with Crippen LogP contribution in [-0.4, -0.2) is 18.4 Å². The van der Waals surface area contributed by atoms with Crippen LogP contribution in [-0.2, 0) is 0 Å². The Hall–Kier alpha value is -0.250. The first-order chi connectivity index (χ1) is 3.00. The molecule has 0 amide bonds. The standard InChI is InChI=1S/C2H3F3.CH4O/c1-2(3,4)5;1-2/h1H3;2H,1H3. The zero-order valence-corrected chi connectivity index (χ0v) is 4.08. The number of hydrogen-bond donors (Lipinski definition) is 1. The van der Waals surface area contributed by atoms with E-state index in [-0.39, 0.29) is 6.92 Å². The predicted molar refractivity (Wildman–Crippen MR) is 19.9 cm³/mol. The van der Waals surface area contributed by atoms with Crippen molar-refractivity contribution >= 4 is 0 Å². The summed E-state index contributed by atoms with van der Waals surface area (Å²) in [4.78, 5) is 0. The van der Waals surface area contributed by atoms with Crippen LogP contribution in [0.3, 0.4) is 0 Å². The Morgan fingerprint density at radius 3 is 1.14 bits per heavy atom. The van der Waals surface area contributed by atoms with Crippen LogP contribution in [0.1, 0.15) is 6.92 Å². The molecule has 0 bridgehead atoms. The lowest BCUT2D eigenvalue weighted by molar-refractivity contribution is -0.110. The maximum atomic E-state index is 10.4. The third-order valence-corrected chi connectivity index (χ3v) is 0. The largest absolute Gasteiger partial charge is 0.400 e. The van der Waals surface area contributed by atoms with E-state index in [1.807, 2.05) is 0 Å². The first-order valence-electron chi connectivity index (χ1n) is 1.51. The Morgan fingerprint density at radius 2 is 1.14 bits per heavy atom. The van der Waals surface area contributed by atoms with Gasteiger partial charge in [-0.2, -0.15) is 13.2 Å². The van der Waals surface area contributed by atoms with Gasteiger partial charge in [0, 0.05) is 14.0 Å². The highest BCUT2D eigenvalue weighted by molar-refractivity contribution is 4.26. The summed E-state index contributed by atoms with van der Waals surface area (Å²) in [6.07, 6.45) is -4.00. The maximum Gasteiger partial charge on any atom is 0.386 e. The van der Waals surface area contributed by atoms with Crippen LogP contribution in [0.5, 0.6) is 0 Å². The van der Waals surface area contributed by atoms with Gasteiger partial charge in [0.05, 0.1) is 0 Å². The predicted octanol–water partition coefficient (Wildman–Crippen LogP) is 1.18. The molecule has 0 aromatic rings. The van der Waals surface area contributed by atoms with E-state index in [1.54, 1.807) is 0 Å². The second-order valence-electron chi connectivity index (χ2n) is 0.781. The van der Waals surface area contributed by atoms with Gasteiger partial charge >= 0.3 is 6.18 Å². The number of aliphatic hydroxyl groups excluding tert-OH is 1. The molecular weight excluding hydrogens is 109 g/mol. The molecule has 0 aliphatic rings. The minimum atomic E-state index is -4.00. The summed E-state index contributed by atoms with van der Waals surface area (Å²) in [5.74, 6) is 0. The van der Waals surface area contributed by atoms with Gasteiger partial charge < -0.3 is 5.11 Å². The van der Waals surface area contributed by atoms with Crippen molar-refractivity contribution in [3.8, 4) is 0 Å². The lowest BCUT2D eigenvalue weighted by atomic mass is 10.8. The van der Waals surface area contributed by atoms with Crippen molar-refractivity contribution in [2.75, 3.05) is 7.11 Å². The molecule has 4 heteroatoms. The van der Waals surface area contributed by atoms with Crippen molar-refractivity contribution in [2.45, 2.75) is 13.1 Å². The average molecular weight is 116 g/mol. The van der Waals surface area contributed by atoms with Gasteiger partial charge in [-0.1, -0.05) is 0 Å². The van der Waals surface area contributed by atoms with Crippen LogP contribution in [0.15, 0.2) is 0 Å². The molecular formula is C3H7F3O. The van der Waals surface area contributed by atoms with Crippen LogP contribution >= 0.6 is 0 Å². The SMILES string of the molecule is CC(F)(F)F.CO. The number of alkyl halides is 3. The second kappa shape index (κ2) is 3.92. The summed E-state index contributed by atoms with van der Waals surface area (Å²) < 4.78 is 31.1. The van der Waals surface area contributed by atoms with E-state index in [0.717, 1.165) is 7.11 Å². The molecule has 0 aliphatic carbocycles. The molecule has 0 heterocycles. The van der Waals surface area contributed by atoms with Gasteiger partial charge in [0.15, 0.2) is 0 Å².